The molecule has 3 rings (SSSR count). The van der Waals surface area contributed by atoms with Crippen molar-refractivity contribution in [3.8, 4) is 11.3 Å². The summed E-state index contributed by atoms with van der Waals surface area (Å²) in [6, 6.07) is 13.4. The van der Waals surface area contributed by atoms with E-state index in [1.807, 2.05) is 31.2 Å². The minimum atomic E-state index is -0.377. The minimum absolute atomic E-state index is 0.0992. The van der Waals surface area contributed by atoms with Crippen LogP contribution in [-0.4, -0.2) is 23.0 Å². The number of aromatic nitrogens is 2. The van der Waals surface area contributed by atoms with Gasteiger partial charge in [0.05, 0.1) is 11.7 Å². The highest BCUT2D eigenvalue weighted by atomic mass is 79.9. The molecule has 0 amide bonds. The van der Waals surface area contributed by atoms with Crippen molar-refractivity contribution in [2.45, 2.75) is 13.0 Å². The normalized spacial score (nSPS) is 11.7. The van der Waals surface area contributed by atoms with Gasteiger partial charge in [-0.1, -0.05) is 15.9 Å². The summed E-state index contributed by atoms with van der Waals surface area (Å²) in [7, 11) is 0. The second kappa shape index (κ2) is 8.73. The second-order valence-electron chi connectivity index (χ2n) is 5.86. The van der Waals surface area contributed by atoms with E-state index in [1.54, 1.807) is 12.1 Å². The van der Waals surface area contributed by atoms with Crippen LogP contribution in [0.4, 0.5) is 10.1 Å². The van der Waals surface area contributed by atoms with Crippen molar-refractivity contribution in [2.24, 2.45) is 0 Å². The summed E-state index contributed by atoms with van der Waals surface area (Å²) in [5.41, 5.74) is 3.80. The van der Waals surface area contributed by atoms with Crippen molar-refractivity contribution >= 4 is 28.1 Å². The number of carbonyl (C=O) groups excluding carboxylic acids is 1. The van der Waals surface area contributed by atoms with Gasteiger partial charge in [0.1, 0.15) is 18.8 Å². The van der Waals surface area contributed by atoms with E-state index in [4.69, 9.17) is 4.74 Å². The first-order valence-electron chi connectivity index (χ1n) is 8.23. The van der Waals surface area contributed by atoms with Crippen LogP contribution >= 0.6 is 15.9 Å². The number of halogens is 2. The SMILES string of the molecule is Cc1ncnc(-c2ccc(F)cc2)c1C(COC=O)Nc1ccc(Br)cc1. The van der Waals surface area contributed by atoms with Gasteiger partial charge in [-0.2, -0.15) is 0 Å². The zero-order valence-corrected chi connectivity index (χ0v) is 16.1. The van der Waals surface area contributed by atoms with Gasteiger partial charge < -0.3 is 10.1 Å². The number of hydrogen-bond acceptors (Lipinski definition) is 5. The smallest absolute Gasteiger partial charge is 0.293 e. The van der Waals surface area contributed by atoms with Gasteiger partial charge in [-0.3, -0.25) is 4.79 Å². The van der Waals surface area contributed by atoms with E-state index >= 15 is 0 Å². The van der Waals surface area contributed by atoms with Crippen molar-refractivity contribution < 1.29 is 13.9 Å². The van der Waals surface area contributed by atoms with Gasteiger partial charge in [0.15, 0.2) is 0 Å². The Balaban J connectivity index is 2.03. The van der Waals surface area contributed by atoms with Crippen LogP contribution in [0.15, 0.2) is 59.3 Å². The molecule has 5 nitrogen and oxygen atoms in total. The maximum atomic E-state index is 13.3. The van der Waals surface area contributed by atoms with Crippen molar-refractivity contribution in [1.29, 1.82) is 0 Å². The summed E-state index contributed by atoms with van der Waals surface area (Å²) in [4.78, 5) is 19.5. The lowest BCUT2D eigenvalue weighted by molar-refractivity contribution is -0.129. The van der Waals surface area contributed by atoms with Crippen LogP contribution in [0.3, 0.4) is 0 Å². The van der Waals surface area contributed by atoms with E-state index in [0.29, 0.717) is 12.2 Å². The lowest BCUT2D eigenvalue weighted by Crippen LogP contribution is -2.20. The molecule has 0 radical (unpaired) electrons. The molecular weight excluding hydrogens is 413 g/mol. The fourth-order valence-corrected chi connectivity index (χ4v) is 3.08. The van der Waals surface area contributed by atoms with Crippen LogP contribution in [0.2, 0.25) is 0 Å². The number of hydrogen-bond donors (Lipinski definition) is 1. The summed E-state index contributed by atoms with van der Waals surface area (Å²) in [5, 5.41) is 3.36. The second-order valence-corrected chi connectivity index (χ2v) is 6.78. The Kier molecular flexibility index (Phi) is 6.13. The van der Waals surface area contributed by atoms with Gasteiger partial charge in [0.25, 0.3) is 6.47 Å². The largest absolute Gasteiger partial charge is 0.465 e. The Hall–Kier alpha value is -2.80. The van der Waals surface area contributed by atoms with Crippen molar-refractivity contribution in [1.82, 2.24) is 9.97 Å². The molecule has 1 heterocycles. The van der Waals surface area contributed by atoms with Crippen LogP contribution in [0.25, 0.3) is 11.3 Å². The topological polar surface area (TPSA) is 64.1 Å². The van der Waals surface area contributed by atoms with E-state index in [9.17, 15) is 9.18 Å². The molecule has 0 bridgehead atoms. The Morgan fingerprint density at radius 2 is 1.85 bits per heavy atom. The summed E-state index contributed by atoms with van der Waals surface area (Å²) in [5.74, 6) is -0.320. The molecule has 7 heteroatoms. The first-order chi connectivity index (χ1) is 13.1. The third kappa shape index (κ3) is 4.68. The fourth-order valence-electron chi connectivity index (χ4n) is 2.82. The average molecular weight is 430 g/mol. The minimum Gasteiger partial charge on any atom is -0.465 e. The molecule has 0 spiro atoms. The number of ether oxygens (including phenoxy) is 1. The van der Waals surface area contributed by atoms with Gasteiger partial charge in [-0.25, -0.2) is 14.4 Å². The van der Waals surface area contributed by atoms with E-state index in [-0.39, 0.29) is 18.5 Å². The van der Waals surface area contributed by atoms with Gasteiger partial charge in [-0.15, -0.1) is 0 Å². The molecule has 1 unspecified atom stereocenters. The molecule has 0 saturated heterocycles. The predicted molar refractivity (Wildman–Crippen MR) is 105 cm³/mol. The van der Waals surface area contributed by atoms with Gasteiger partial charge in [-0.05, 0) is 55.5 Å². The maximum Gasteiger partial charge on any atom is 0.293 e. The molecule has 1 aromatic heterocycles. The highest BCUT2D eigenvalue weighted by molar-refractivity contribution is 9.10. The first-order valence-corrected chi connectivity index (χ1v) is 9.02. The molecule has 0 saturated carbocycles. The van der Waals surface area contributed by atoms with E-state index in [0.717, 1.165) is 27.0 Å². The van der Waals surface area contributed by atoms with Crippen LogP contribution in [0, 0.1) is 12.7 Å². The predicted octanol–water partition coefficient (Wildman–Crippen LogP) is 4.68. The first kappa shape index (κ1) is 19.0. The molecule has 0 aliphatic heterocycles. The molecule has 27 heavy (non-hydrogen) atoms. The summed E-state index contributed by atoms with van der Waals surface area (Å²) in [6.45, 7) is 2.37. The summed E-state index contributed by atoms with van der Waals surface area (Å²) < 4.78 is 19.3. The third-order valence-corrected chi connectivity index (χ3v) is 4.59. The summed E-state index contributed by atoms with van der Waals surface area (Å²) in [6.07, 6.45) is 1.47. The molecular formula is C20H17BrFN3O2. The molecule has 138 valence electrons. The zero-order chi connectivity index (χ0) is 19.2. The van der Waals surface area contributed by atoms with E-state index in [1.165, 1.54) is 18.5 Å². The number of anilines is 1. The quantitative estimate of drug-likeness (QED) is 0.552. The number of nitrogens with zero attached hydrogens (tertiary/aromatic N) is 2. The maximum absolute atomic E-state index is 13.3. The number of carbonyl (C=O) groups is 1. The lowest BCUT2D eigenvalue weighted by Gasteiger charge is -2.23. The number of benzene rings is 2. The van der Waals surface area contributed by atoms with Crippen molar-refractivity contribution in [2.75, 3.05) is 11.9 Å². The number of aryl methyl sites for hydroxylation is 1. The monoisotopic (exact) mass is 429 g/mol. The van der Waals surface area contributed by atoms with Crippen molar-refractivity contribution in [3.63, 3.8) is 0 Å². The molecule has 1 atom stereocenters. The summed E-state index contributed by atoms with van der Waals surface area (Å²) >= 11 is 3.41. The standard InChI is InChI=1S/C20H17BrFN3O2/c1-13-19(20(24-11-23-13)14-2-6-16(22)7-3-14)18(10-27-12-26)25-17-8-4-15(21)5-9-17/h2-9,11-12,18,25H,10H2,1H3. The zero-order valence-electron chi connectivity index (χ0n) is 14.5. The highest BCUT2D eigenvalue weighted by Crippen LogP contribution is 2.31. The molecule has 0 aliphatic rings. The van der Waals surface area contributed by atoms with Crippen LogP contribution in [-0.2, 0) is 9.53 Å². The van der Waals surface area contributed by atoms with Crippen LogP contribution in [0.1, 0.15) is 17.3 Å². The molecule has 2 aromatic carbocycles. The van der Waals surface area contributed by atoms with Gasteiger partial charge >= 0.3 is 0 Å². The Bertz CT molecular complexity index is 918. The van der Waals surface area contributed by atoms with Crippen LogP contribution in [0.5, 0.6) is 0 Å². The molecule has 3 aromatic rings. The van der Waals surface area contributed by atoms with Crippen molar-refractivity contribution in [3.05, 3.63) is 76.4 Å². The highest BCUT2D eigenvalue weighted by Gasteiger charge is 2.21. The number of rotatable bonds is 7. The molecule has 0 fully saturated rings. The van der Waals surface area contributed by atoms with E-state index in [2.05, 4.69) is 31.2 Å². The Morgan fingerprint density at radius 3 is 2.52 bits per heavy atom. The number of nitrogens with one attached hydrogen (secondary N) is 1. The third-order valence-electron chi connectivity index (χ3n) is 4.07. The Labute approximate surface area is 164 Å². The fraction of sp³-hybridized carbons (Fsp3) is 0.150. The lowest BCUT2D eigenvalue weighted by atomic mass is 9.98. The Morgan fingerprint density at radius 1 is 1.15 bits per heavy atom. The van der Waals surface area contributed by atoms with Crippen LogP contribution < -0.4 is 5.32 Å². The van der Waals surface area contributed by atoms with E-state index < -0.39 is 0 Å². The average Bonchev–Trinajstić information content (AvgIpc) is 2.67. The molecule has 1 N–H and O–H groups in total. The van der Waals surface area contributed by atoms with Gasteiger partial charge in [0.2, 0.25) is 0 Å². The molecule has 0 aliphatic carbocycles. The van der Waals surface area contributed by atoms with Gasteiger partial charge in [0, 0.05) is 27.0 Å².